The van der Waals surface area contributed by atoms with Gasteiger partial charge >= 0.3 is 0 Å². The number of benzene rings is 9. The van der Waals surface area contributed by atoms with E-state index in [0.717, 1.165) is 43.9 Å². The highest BCUT2D eigenvalue weighted by molar-refractivity contribution is 9.10. The number of fused-ring (bicyclic) bond motifs is 12. The molecular weight excluding hydrogens is 803 g/mol. The number of nitrogens with zero attached hydrogens (tertiary/aromatic N) is 2. The first-order valence-electron chi connectivity index (χ1n) is 20.0. The third-order valence-electron chi connectivity index (χ3n) is 12.3. The molecule has 0 saturated heterocycles. The van der Waals surface area contributed by atoms with Crippen LogP contribution in [0.1, 0.15) is 0 Å². The van der Waals surface area contributed by atoms with Crippen molar-refractivity contribution in [2.45, 2.75) is 0 Å². The number of para-hydroxylation sites is 1. The first-order chi connectivity index (χ1) is 29.1. The Morgan fingerprint density at radius 3 is 1.71 bits per heavy atom. The summed E-state index contributed by atoms with van der Waals surface area (Å²) in [6.45, 7) is -0.0611. The van der Waals surface area contributed by atoms with Crippen LogP contribution in [0.4, 0.5) is 17.1 Å². The van der Waals surface area contributed by atoms with Crippen molar-refractivity contribution < 1.29 is 0 Å². The van der Waals surface area contributed by atoms with Crippen molar-refractivity contribution in [3.8, 4) is 27.9 Å². The van der Waals surface area contributed by atoms with Crippen molar-refractivity contribution in [3.05, 3.63) is 210 Å². The zero-order valence-corrected chi connectivity index (χ0v) is 34.1. The summed E-state index contributed by atoms with van der Waals surface area (Å²) < 4.78 is 3.59. The molecule has 12 rings (SSSR count). The third kappa shape index (κ3) is 5.27. The number of halogens is 2. The predicted octanol–water partition coefficient (Wildman–Crippen LogP) is 13.6. The van der Waals surface area contributed by atoms with Gasteiger partial charge in [-0.05, 0) is 103 Å². The van der Waals surface area contributed by atoms with Crippen LogP contribution >= 0.6 is 27.5 Å². The monoisotopic (exact) mass is 834 g/mol. The van der Waals surface area contributed by atoms with Crippen LogP contribution in [-0.2, 0) is 0 Å². The number of hydrogen-bond donors (Lipinski definition) is 0. The SMILES string of the molecule is Clc1ccc2c(c1)N(c1ccc(-c3ccccc3)cc1-c1ccccc1)c1ccc3c4ccccc4c4ccccc4c4ccccc4n4c3c1B2c1ccc(Br)cc1-4. The fourth-order valence-electron chi connectivity index (χ4n) is 9.88. The molecule has 0 aliphatic carbocycles. The van der Waals surface area contributed by atoms with Crippen molar-refractivity contribution in [2.24, 2.45) is 0 Å². The molecule has 0 saturated carbocycles. The lowest BCUT2D eigenvalue weighted by molar-refractivity contribution is 1.17. The van der Waals surface area contributed by atoms with Crippen LogP contribution in [0.2, 0.25) is 5.02 Å². The Morgan fingerprint density at radius 2 is 0.983 bits per heavy atom. The van der Waals surface area contributed by atoms with Crippen LogP contribution < -0.4 is 21.3 Å². The molecule has 1 aromatic heterocycles. The first kappa shape index (κ1) is 34.5. The molecule has 0 spiro atoms. The Labute approximate surface area is 356 Å². The lowest BCUT2D eigenvalue weighted by atomic mass is 9.33. The van der Waals surface area contributed by atoms with Crippen molar-refractivity contribution in [1.29, 1.82) is 0 Å². The molecule has 276 valence electrons. The van der Waals surface area contributed by atoms with Crippen LogP contribution in [0.5, 0.6) is 0 Å². The highest BCUT2D eigenvalue weighted by atomic mass is 79.9. The van der Waals surface area contributed by atoms with Gasteiger partial charge in [0.05, 0.1) is 16.7 Å². The van der Waals surface area contributed by atoms with E-state index in [-0.39, 0.29) is 6.71 Å². The highest BCUT2D eigenvalue weighted by Crippen LogP contribution is 2.46. The second-order valence-electron chi connectivity index (χ2n) is 15.5. The minimum atomic E-state index is -0.0611. The van der Waals surface area contributed by atoms with E-state index in [2.05, 4.69) is 226 Å². The molecular formula is C54H33BBrClN2. The van der Waals surface area contributed by atoms with E-state index < -0.39 is 0 Å². The third-order valence-corrected chi connectivity index (χ3v) is 13.1. The van der Waals surface area contributed by atoms with Gasteiger partial charge in [-0.1, -0.05) is 179 Å². The molecule has 10 aromatic rings. The molecule has 0 unspecified atom stereocenters. The lowest BCUT2D eigenvalue weighted by Gasteiger charge is -2.41. The van der Waals surface area contributed by atoms with Gasteiger partial charge in [0.2, 0.25) is 0 Å². The molecule has 0 amide bonds. The molecule has 0 fully saturated rings. The fraction of sp³-hybridized carbons (Fsp3) is 0. The van der Waals surface area contributed by atoms with Gasteiger partial charge in [0.25, 0.3) is 6.71 Å². The summed E-state index contributed by atoms with van der Waals surface area (Å²) in [6, 6.07) is 73.1. The van der Waals surface area contributed by atoms with Crippen LogP contribution in [0.25, 0.3) is 71.3 Å². The predicted molar refractivity (Wildman–Crippen MR) is 256 cm³/mol. The van der Waals surface area contributed by atoms with E-state index in [1.54, 1.807) is 0 Å². The summed E-state index contributed by atoms with van der Waals surface area (Å²) in [5, 5.41) is 7.95. The van der Waals surface area contributed by atoms with Gasteiger partial charge in [-0.3, -0.25) is 0 Å². The minimum absolute atomic E-state index is 0.0611. The Bertz CT molecular complexity index is 3430. The average molecular weight is 836 g/mol. The molecule has 59 heavy (non-hydrogen) atoms. The zero-order valence-electron chi connectivity index (χ0n) is 31.8. The summed E-state index contributed by atoms with van der Waals surface area (Å²) in [4.78, 5) is 2.48. The second-order valence-corrected chi connectivity index (χ2v) is 16.8. The molecule has 2 aliphatic heterocycles. The molecule has 0 radical (unpaired) electrons. The molecule has 9 aromatic carbocycles. The number of rotatable bonds is 3. The average Bonchev–Trinajstić information content (AvgIpc) is 3.33. The lowest BCUT2D eigenvalue weighted by Crippen LogP contribution is -2.60. The largest absolute Gasteiger partial charge is 0.311 e. The molecule has 0 atom stereocenters. The fourth-order valence-corrected chi connectivity index (χ4v) is 10.4. The molecule has 2 nitrogen and oxygen atoms in total. The summed E-state index contributed by atoms with van der Waals surface area (Å²) in [5.41, 5.74) is 15.2. The van der Waals surface area contributed by atoms with Crippen LogP contribution in [0.15, 0.2) is 205 Å². The van der Waals surface area contributed by atoms with Gasteiger partial charge in [-0.15, -0.1) is 0 Å². The molecule has 3 heterocycles. The smallest absolute Gasteiger partial charge is 0.252 e. The molecule has 0 N–H and O–H groups in total. The van der Waals surface area contributed by atoms with E-state index in [4.69, 9.17) is 11.6 Å². The van der Waals surface area contributed by atoms with Crippen molar-refractivity contribution >= 4 is 111 Å². The van der Waals surface area contributed by atoms with Gasteiger partial charge in [0, 0.05) is 42.9 Å². The second kappa shape index (κ2) is 13.5. The van der Waals surface area contributed by atoms with E-state index in [1.165, 1.54) is 65.3 Å². The Kier molecular flexibility index (Phi) is 7.88. The summed E-state index contributed by atoms with van der Waals surface area (Å²) in [5.74, 6) is 0. The highest BCUT2D eigenvalue weighted by Gasteiger charge is 2.42. The van der Waals surface area contributed by atoms with Crippen molar-refractivity contribution in [2.75, 3.05) is 4.90 Å². The van der Waals surface area contributed by atoms with E-state index in [0.29, 0.717) is 5.02 Å². The maximum absolute atomic E-state index is 7.03. The van der Waals surface area contributed by atoms with Gasteiger partial charge in [0.1, 0.15) is 0 Å². The van der Waals surface area contributed by atoms with Crippen molar-refractivity contribution in [1.82, 2.24) is 4.57 Å². The van der Waals surface area contributed by atoms with E-state index in [9.17, 15) is 0 Å². The Balaban J connectivity index is 1.31. The molecule has 2 aliphatic rings. The zero-order chi connectivity index (χ0) is 39.2. The minimum Gasteiger partial charge on any atom is -0.311 e. The van der Waals surface area contributed by atoms with Gasteiger partial charge in [-0.25, -0.2) is 0 Å². The Morgan fingerprint density at radius 1 is 0.407 bits per heavy atom. The van der Waals surface area contributed by atoms with E-state index >= 15 is 0 Å². The molecule has 0 bridgehead atoms. The summed E-state index contributed by atoms with van der Waals surface area (Å²) >= 11 is 10.9. The van der Waals surface area contributed by atoms with E-state index in [1.807, 2.05) is 0 Å². The Hall–Kier alpha value is -6.59. The van der Waals surface area contributed by atoms with Gasteiger partial charge in [-0.2, -0.15) is 0 Å². The summed E-state index contributed by atoms with van der Waals surface area (Å²) in [7, 11) is 0. The maximum atomic E-state index is 7.03. The normalized spacial score (nSPS) is 12.5. The number of hydrogen-bond acceptors (Lipinski definition) is 1. The standard InChI is InChI=1S/C54H33BBrClN2/c56-37-24-27-46-51(32-37)59-48-22-12-11-21-43(48)41-19-9-7-17-39(41)40-18-8-10-20-42(40)44-26-30-50-53(54(44)59)55(46)47-28-25-38(57)33-52(47)58(50)49-29-23-36(34-13-3-1-4-14-34)31-45(49)35-15-5-2-6-16-35/h1-33H. The number of anilines is 3. The first-order valence-corrected chi connectivity index (χ1v) is 21.2. The maximum Gasteiger partial charge on any atom is 0.252 e. The van der Waals surface area contributed by atoms with Gasteiger partial charge in [0.15, 0.2) is 0 Å². The van der Waals surface area contributed by atoms with Crippen LogP contribution in [0, 0.1) is 0 Å². The molecule has 5 heteroatoms. The van der Waals surface area contributed by atoms with Crippen LogP contribution in [0.3, 0.4) is 0 Å². The quantitative estimate of drug-likeness (QED) is 0.161. The summed E-state index contributed by atoms with van der Waals surface area (Å²) in [6.07, 6.45) is 0. The topological polar surface area (TPSA) is 8.17 Å². The number of aromatic nitrogens is 1. The van der Waals surface area contributed by atoms with Crippen LogP contribution in [-0.4, -0.2) is 11.3 Å². The van der Waals surface area contributed by atoms with Crippen molar-refractivity contribution in [3.63, 3.8) is 0 Å². The van der Waals surface area contributed by atoms with Gasteiger partial charge < -0.3 is 9.47 Å².